The lowest BCUT2D eigenvalue weighted by atomic mass is 10.1. The van der Waals surface area contributed by atoms with Crippen LogP contribution in [-0.2, 0) is 4.79 Å². The predicted molar refractivity (Wildman–Crippen MR) is 82.6 cm³/mol. The van der Waals surface area contributed by atoms with Crippen LogP contribution in [0.1, 0.15) is 30.1 Å². The van der Waals surface area contributed by atoms with Gasteiger partial charge in [0.25, 0.3) is 5.91 Å². The third kappa shape index (κ3) is 2.93. The van der Waals surface area contributed by atoms with Gasteiger partial charge >= 0.3 is 5.97 Å². The highest BCUT2D eigenvalue weighted by molar-refractivity contribution is 5.98. The maximum Gasteiger partial charge on any atom is 0.308 e. The second kappa shape index (κ2) is 5.75. The number of carbonyl (C=O) groups is 2. The van der Waals surface area contributed by atoms with Crippen LogP contribution in [0.5, 0.6) is 0 Å². The minimum atomic E-state index is -0.874. The van der Waals surface area contributed by atoms with Crippen molar-refractivity contribution < 1.29 is 14.7 Å². The molecule has 1 N–H and O–H groups in total. The number of amides is 1. The molecule has 1 aliphatic rings. The Morgan fingerprint density at radius 3 is 2.82 bits per heavy atom. The van der Waals surface area contributed by atoms with Crippen molar-refractivity contribution in [1.29, 1.82) is 0 Å². The van der Waals surface area contributed by atoms with E-state index in [0.717, 1.165) is 23.7 Å². The number of benzene rings is 1. The first-order valence-electron chi connectivity index (χ1n) is 7.45. The minimum absolute atomic E-state index is 0.0960. The molecule has 1 amide bonds. The van der Waals surface area contributed by atoms with Crippen LogP contribution in [0, 0.1) is 5.92 Å². The Labute approximate surface area is 128 Å². The molecule has 1 aliphatic carbocycles. The van der Waals surface area contributed by atoms with Gasteiger partial charge in [0.05, 0.1) is 11.4 Å². The molecule has 0 saturated heterocycles. The molecular formula is C17H18N2O3. The number of hydrogen-bond acceptors (Lipinski definition) is 3. The third-order valence-electron chi connectivity index (χ3n) is 3.99. The van der Waals surface area contributed by atoms with E-state index in [2.05, 4.69) is 4.98 Å². The van der Waals surface area contributed by atoms with Crippen molar-refractivity contribution in [3.05, 3.63) is 42.1 Å². The Morgan fingerprint density at radius 1 is 1.36 bits per heavy atom. The molecule has 5 heteroatoms. The van der Waals surface area contributed by atoms with Gasteiger partial charge in [-0.25, -0.2) is 0 Å². The van der Waals surface area contributed by atoms with Crippen molar-refractivity contribution in [3.63, 3.8) is 0 Å². The predicted octanol–water partition coefficient (Wildman–Crippen LogP) is 2.56. The molecule has 1 saturated carbocycles. The van der Waals surface area contributed by atoms with Crippen molar-refractivity contribution in [2.75, 3.05) is 6.54 Å². The van der Waals surface area contributed by atoms with Gasteiger partial charge < -0.3 is 10.0 Å². The van der Waals surface area contributed by atoms with Crippen LogP contribution in [-0.4, -0.2) is 39.5 Å². The van der Waals surface area contributed by atoms with Gasteiger partial charge in [0, 0.05) is 29.7 Å². The lowest BCUT2D eigenvalue weighted by molar-refractivity contribution is -0.141. The molecule has 1 aromatic heterocycles. The molecule has 1 fully saturated rings. The van der Waals surface area contributed by atoms with Gasteiger partial charge in [-0.1, -0.05) is 13.0 Å². The molecule has 1 heterocycles. The molecule has 1 atom stereocenters. The molecular weight excluding hydrogens is 280 g/mol. The van der Waals surface area contributed by atoms with Gasteiger partial charge in [-0.05, 0) is 37.1 Å². The van der Waals surface area contributed by atoms with Crippen LogP contribution >= 0.6 is 0 Å². The van der Waals surface area contributed by atoms with Crippen molar-refractivity contribution >= 4 is 22.8 Å². The Hall–Kier alpha value is -2.43. The van der Waals surface area contributed by atoms with Gasteiger partial charge in [0.1, 0.15) is 0 Å². The average Bonchev–Trinajstić information content (AvgIpc) is 3.35. The molecule has 114 valence electrons. The maximum absolute atomic E-state index is 12.7. The third-order valence-corrected chi connectivity index (χ3v) is 3.99. The van der Waals surface area contributed by atoms with Gasteiger partial charge in [0.2, 0.25) is 0 Å². The number of carboxylic acids is 1. The summed E-state index contributed by atoms with van der Waals surface area (Å²) in [4.78, 5) is 29.8. The first-order chi connectivity index (χ1) is 10.6. The number of carboxylic acid groups (broad SMARTS) is 1. The number of rotatable bonds is 5. The summed E-state index contributed by atoms with van der Waals surface area (Å²) in [6.07, 6.45) is 3.62. The summed E-state index contributed by atoms with van der Waals surface area (Å²) in [5.41, 5.74) is 1.43. The molecule has 0 unspecified atom stereocenters. The van der Waals surface area contributed by atoms with Gasteiger partial charge in [0.15, 0.2) is 0 Å². The van der Waals surface area contributed by atoms with E-state index in [1.165, 1.54) is 0 Å². The van der Waals surface area contributed by atoms with Crippen LogP contribution in [0.15, 0.2) is 36.5 Å². The number of aromatic nitrogens is 1. The van der Waals surface area contributed by atoms with Crippen molar-refractivity contribution in [2.45, 2.75) is 25.8 Å². The highest BCUT2D eigenvalue weighted by Crippen LogP contribution is 2.29. The maximum atomic E-state index is 12.7. The Morgan fingerprint density at radius 2 is 2.14 bits per heavy atom. The highest BCUT2D eigenvalue weighted by Gasteiger charge is 2.34. The molecule has 1 aromatic carbocycles. The van der Waals surface area contributed by atoms with E-state index in [9.17, 15) is 9.59 Å². The number of nitrogens with zero attached hydrogens (tertiary/aromatic N) is 2. The molecule has 0 radical (unpaired) electrons. The SMILES string of the molecule is C[C@@H](CN(C(=O)c1ccc2ncccc2c1)C1CC1)C(=O)O. The molecule has 2 aromatic rings. The van der Waals surface area contributed by atoms with Crippen LogP contribution in [0.4, 0.5) is 0 Å². The molecule has 0 spiro atoms. The second-order valence-corrected chi connectivity index (χ2v) is 5.84. The van der Waals surface area contributed by atoms with E-state index < -0.39 is 11.9 Å². The highest BCUT2D eigenvalue weighted by atomic mass is 16.4. The van der Waals surface area contributed by atoms with E-state index in [1.54, 1.807) is 24.1 Å². The topological polar surface area (TPSA) is 70.5 Å². The van der Waals surface area contributed by atoms with Gasteiger partial charge in [-0.3, -0.25) is 14.6 Å². The zero-order chi connectivity index (χ0) is 15.7. The number of hydrogen-bond donors (Lipinski definition) is 1. The fourth-order valence-corrected chi connectivity index (χ4v) is 2.53. The van der Waals surface area contributed by atoms with Crippen molar-refractivity contribution in [1.82, 2.24) is 9.88 Å². The number of carbonyl (C=O) groups excluding carboxylic acids is 1. The lowest BCUT2D eigenvalue weighted by Gasteiger charge is -2.24. The summed E-state index contributed by atoms with van der Waals surface area (Å²) in [7, 11) is 0. The standard InChI is InChI=1S/C17H18N2O3/c1-11(17(21)22)10-19(14-5-6-14)16(20)13-4-7-15-12(9-13)3-2-8-18-15/h2-4,7-9,11,14H,5-6,10H2,1H3,(H,21,22)/t11-/m0/s1. The second-order valence-electron chi connectivity index (χ2n) is 5.84. The Bertz CT molecular complexity index is 725. The normalized spacial score (nSPS) is 15.5. The van der Waals surface area contributed by atoms with E-state index in [1.807, 2.05) is 24.3 Å². The molecule has 0 aliphatic heterocycles. The van der Waals surface area contributed by atoms with Crippen LogP contribution in [0.2, 0.25) is 0 Å². The fourth-order valence-electron chi connectivity index (χ4n) is 2.53. The number of pyridine rings is 1. The monoisotopic (exact) mass is 298 g/mol. The summed E-state index contributed by atoms with van der Waals surface area (Å²) in [5, 5.41) is 9.99. The van der Waals surface area contributed by atoms with E-state index >= 15 is 0 Å². The number of fused-ring (bicyclic) bond motifs is 1. The first kappa shape index (κ1) is 14.5. The van der Waals surface area contributed by atoms with Crippen LogP contribution < -0.4 is 0 Å². The van der Waals surface area contributed by atoms with E-state index in [-0.39, 0.29) is 18.5 Å². The molecule has 3 rings (SSSR count). The molecule has 22 heavy (non-hydrogen) atoms. The molecule has 5 nitrogen and oxygen atoms in total. The minimum Gasteiger partial charge on any atom is -0.481 e. The fraction of sp³-hybridized carbons (Fsp3) is 0.353. The Kier molecular flexibility index (Phi) is 3.79. The van der Waals surface area contributed by atoms with E-state index in [0.29, 0.717) is 5.56 Å². The zero-order valence-corrected chi connectivity index (χ0v) is 12.4. The summed E-state index contributed by atoms with van der Waals surface area (Å²) >= 11 is 0. The van der Waals surface area contributed by atoms with Crippen molar-refractivity contribution in [3.8, 4) is 0 Å². The van der Waals surface area contributed by atoms with E-state index in [4.69, 9.17) is 5.11 Å². The summed E-state index contributed by atoms with van der Waals surface area (Å²) in [5.74, 6) is -1.53. The zero-order valence-electron chi connectivity index (χ0n) is 12.4. The average molecular weight is 298 g/mol. The lowest BCUT2D eigenvalue weighted by Crippen LogP contribution is -2.38. The first-order valence-corrected chi connectivity index (χ1v) is 7.45. The molecule has 0 bridgehead atoms. The summed E-state index contributed by atoms with van der Waals surface area (Å²) in [6, 6.07) is 9.35. The van der Waals surface area contributed by atoms with Crippen LogP contribution in [0.3, 0.4) is 0 Å². The van der Waals surface area contributed by atoms with Gasteiger partial charge in [-0.2, -0.15) is 0 Å². The Balaban J connectivity index is 1.86. The quantitative estimate of drug-likeness (QED) is 0.921. The summed E-state index contributed by atoms with van der Waals surface area (Å²) in [6.45, 7) is 1.89. The summed E-state index contributed by atoms with van der Waals surface area (Å²) < 4.78 is 0. The van der Waals surface area contributed by atoms with Crippen LogP contribution in [0.25, 0.3) is 10.9 Å². The largest absolute Gasteiger partial charge is 0.481 e. The van der Waals surface area contributed by atoms with Gasteiger partial charge in [-0.15, -0.1) is 0 Å². The smallest absolute Gasteiger partial charge is 0.308 e. The van der Waals surface area contributed by atoms with Crippen molar-refractivity contribution in [2.24, 2.45) is 5.92 Å². The number of aliphatic carboxylic acids is 1.